The van der Waals surface area contributed by atoms with E-state index in [1.165, 1.54) is 6.07 Å². The van der Waals surface area contributed by atoms with Crippen molar-refractivity contribution in [3.05, 3.63) is 65.5 Å². The standard InChI is InChI=1S/C15H12FNO/c16-14-7-3-4-8-15(14)18-11-13-6-2-1-5-12(13)9-10-17/h1-8H,9,11H2. The van der Waals surface area contributed by atoms with E-state index in [0.29, 0.717) is 6.42 Å². The van der Waals surface area contributed by atoms with Crippen LogP contribution in [0.4, 0.5) is 4.39 Å². The molecule has 0 amide bonds. The quantitative estimate of drug-likeness (QED) is 0.821. The van der Waals surface area contributed by atoms with Gasteiger partial charge in [0, 0.05) is 0 Å². The number of rotatable bonds is 4. The van der Waals surface area contributed by atoms with Crippen molar-refractivity contribution in [2.45, 2.75) is 13.0 Å². The molecule has 0 aliphatic rings. The van der Waals surface area contributed by atoms with E-state index < -0.39 is 0 Å². The molecule has 2 rings (SSSR count). The summed E-state index contributed by atoms with van der Waals surface area (Å²) in [7, 11) is 0. The Morgan fingerprint density at radius 2 is 1.67 bits per heavy atom. The average molecular weight is 241 g/mol. The minimum Gasteiger partial charge on any atom is -0.486 e. The lowest BCUT2D eigenvalue weighted by Crippen LogP contribution is -2.00. The minimum absolute atomic E-state index is 0.226. The first-order valence-electron chi connectivity index (χ1n) is 5.62. The van der Waals surface area contributed by atoms with E-state index in [9.17, 15) is 4.39 Å². The lowest BCUT2D eigenvalue weighted by molar-refractivity contribution is 0.289. The second-order valence-corrected chi connectivity index (χ2v) is 3.82. The molecule has 18 heavy (non-hydrogen) atoms. The number of hydrogen-bond donors (Lipinski definition) is 0. The number of halogens is 1. The summed E-state index contributed by atoms with van der Waals surface area (Å²) in [6.45, 7) is 0.263. The molecule has 2 nitrogen and oxygen atoms in total. The summed E-state index contributed by atoms with van der Waals surface area (Å²) in [5.41, 5.74) is 1.82. The van der Waals surface area contributed by atoms with Crippen molar-refractivity contribution >= 4 is 0 Å². The van der Waals surface area contributed by atoms with Gasteiger partial charge in [0.15, 0.2) is 11.6 Å². The van der Waals surface area contributed by atoms with Crippen LogP contribution < -0.4 is 4.74 Å². The second kappa shape index (κ2) is 5.83. The van der Waals surface area contributed by atoms with Crippen molar-refractivity contribution in [1.82, 2.24) is 0 Å². The van der Waals surface area contributed by atoms with Gasteiger partial charge in [-0.3, -0.25) is 0 Å². The van der Waals surface area contributed by atoms with Gasteiger partial charge in [0.1, 0.15) is 6.61 Å². The maximum Gasteiger partial charge on any atom is 0.165 e. The number of nitriles is 1. The first kappa shape index (κ1) is 12.1. The molecular formula is C15H12FNO. The van der Waals surface area contributed by atoms with Crippen LogP contribution in [0.15, 0.2) is 48.5 Å². The first-order valence-corrected chi connectivity index (χ1v) is 5.62. The molecule has 0 fully saturated rings. The summed E-state index contributed by atoms with van der Waals surface area (Å²) in [5, 5.41) is 8.72. The van der Waals surface area contributed by atoms with Crippen LogP contribution >= 0.6 is 0 Å². The average Bonchev–Trinajstić information content (AvgIpc) is 2.40. The van der Waals surface area contributed by atoms with Gasteiger partial charge >= 0.3 is 0 Å². The molecule has 2 aromatic carbocycles. The van der Waals surface area contributed by atoms with Gasteiger partial charge in [-0.15, -0.1) is 0 Å². The van der Waals surface area contributed by atoms with Crippen molar-refractivity contribution in [1.29, 1.82) is 5.26 Å². The van der Waals surface area contributed by atoms with E-state index in [2.05, 4.69) is 6.07 Å². The van der Waals surface area contributed by atoms with Gasteiger partial charge < -0.3 is 4.74 Å². The zero-order valence-corrected chi connectivity index (χ0v) is 9.77. The number of para-hydroxylation sites is 1. The monoisotopic (exact) mass is 241 g/mol. The van der Waals surface area contributed by atoms with Crippen molar-refractivity contribution in [3.63, 3.8) is 0 Å². The number of benzene rings is 2. The Hall–Kier alpha value is -2.34. The molecule has 0 bridgehead atoms. The van der Waals surface area contributed by atoms with Gasteiger partial charge in [-0.1, -0.05) is 36.4 Å². The molecule has 0 aliphatic heterocycles. The third-order valence-electron chi connectivity index (χ3n) is 2.61. The van der Waals surface area contributed by atoms with Crippen LogP contribution in [-0.4, -0.2) is 0 Å². The first-order chi connectivity index (χ1) is 8.81. The van der Waals surface area contributed by atoms with E-state index in [0.717, 1.165) is 11.1 Å². The second-order valence-electron chi connectivity index (χ2n) is 3.82. The lowest BCUT2D eigenvalue weighted by Gasteiger charge is -2.09. The summed E-state index contributed by atoms with van der Waals surface area (Å²) < 4.78 is 18.8. The van der Waals surface area contributed by atoms with E-state index in [-0.39, 0.29) is 18.2 Å². The lowest BCUT2D eigenvalue weighted by atomic mass is 10.1. The predicted octanol–water partition coefficient (Wildman–Crippen LogP) is 3.47. The van der Waals surface area contributed by atoms with Crippen LogP contribution in [0.3, 0.4) is 0 Å². The molecule has 0 unspecified atom stereocenters. The highest BCUT2D eigenvalue weighted by molar-refractivity contribution is 5.30. The van der Waals surface area contributed by atoms with Gasteiger partial charge in [-0.05, 0) is 23.3 Å². The molecule has 0 atom stereocenters. The Bertz CT molecular complexity index is 575. The highest BCUT2D eigenvalue weighted by Gasteiger charge is 2.05. The fraction of sp³-hybridized carbons (Fsp3) is 0.133. The van der Waals surface area contributed by atoms with E-state index in [4.69, 9.17) is 10.00 Å². The molecule has 3 heteroatoms. The minimum atomic E-state index is -0.379. The molecule has 0 saturated heterocycles. The molecule has 0 radical (unpaired) electrons. The third-order valence-corrected chi connectivity index (χ3v) is 2.61. The molecule has 0 aromatic heterocycles. The predicted molar refractivity (Wildman–Crippen MR) is 66.5 cm³/mol. The maximum absolute atomic E-state index is 13.4. The Kier molecular flexibility index (Phi) is 3.93. The SMILES string of the molecule is N#CCc1ccccc1COc1ccccc1F. The van der Waals surface area contributed by atoms with Crippen molar-refractivity contribution in [3.8, 4) is 11.8 Å². The van der Waals surface area contributed by atoms with Crippen molar-refractivity contribution < 1.29 is 9.13 Å². The Morgan fingerprint density at radius 3 is 2.39 bits per heavy atom. The molecule has 90 valence electrons. The van der Waals surface area contributed by atoms with E-state index in [1.807, 2.05) is 24.3 Å². The Morgan fingerprint density at radius 1 is 1.00 bits per heavy atom. The van der Waals surface area contributed by atoms with Crippen molar-refractivity contribution in [2.75, 3.05) is 0 Å². The van der Waals surface area contributed by atoms with Gasteiger partial charge in [0.2, 0.25) is 0 Å². The molecule has 0 saturated carbocycles. The molecule has 0 aliphatic carbocycles. The summed E-state index contributed by atoms with van der Waals surface area (Å²) >= 11 is 0. The van der Waals surface area contributed by atoms with Gasteiger partial charge in [0.25, 0.3) is 0 Å². The van der Waals surface area contributed by atoms with Gasteiger partial charge in [-0.25, -0.2) is 4.39 Å². The third kappa shape index (κ3) is 2.86. The molecule has 2 aromatic rings. The summed E-state index contributed by atoms with van der Waals surface area (Å²) in [5.74, 6) is -0.153. The highest BCUT2D eigenvalue weighted by Crippen LogP contribution is 2.18. The van der Waals surface area contributed by atoms with Crippen LogP contribution in [0, 0.1) is 17.1 Å². The Labute approximate surface area is 105 Å². The van der Waals surface area contributed by atoms with Crippen LogP contribution in [0.5, 0.6) is 5.75 Å². The summed E-state index contributed by atoms with van der Waals surface area (Å²) in [6, 6.07) is 15.9. The van der Waals surface area contributed by atoms with Gasteiger partial charge in [0.05, 0.1) is 12.5 Å². The van der Waals surface area contributed by atoms with Crippen molar-refractivity contribution in [2.24, 2.45) is 0 Å². The summed E-state index contributed by atoms with van der Waals surface area (Å²) in [4.78, 5) is 0. The molecular weight excluding hydrogens is 229 g/mol. The maximum atomic E-state index is 13.4. The van der Waals surface area contributed by atoms with Crippen LogP contribution in [0.25, 0.3) is 0 Å². The summed E-state index contributed by atoms with van der Waals surface area (Å²) in [6.07, 6.45) is 0.330. The topological polar surface area (TPSA) is 33.0 Å². The highest BCUT2D eigenvalue weighted by atomic mass is 19.1. The Balaban J connectivity index is 2.11. The van der Waals surface area contributed by atoms with E-state index in [1.54, 1.807) is 18.2 Å². The fourth-order valence-corrected chi connectivity index (χ4v) is 1.67. The van der Waals surface area contributed by atoms with E-state index >= 15 is 0 Å². The molecule has 0 heterocycles. The van der Waals surface area contributed by atoms with Crippen LogP contribution in [0.2, 0.25) is 0 Å². The van der Waals surface area contributed by atoms with Gasteiger partial charge in [-0.2, -0.15) is 5.26 Å². The zero-order valence-electron chi connectivity index (χ0n) is 9.77. The van der Waals surface area contributed by atoms with Crippen LogP contribution in [0.1, 0.15) is 11.1 Å². The normalized spacial score (nSPS) is 9.78. The number of ether oxygens (including phenoxy) is 1. The molecule has 0 N–H and O–H groups in total. The molecule has 0 spiro atoms. The van der Waals surface area contributed by atoms with Crippen LogP contribution in [-0.2, 0) is 13.0 Å². The smallest absolute Gasteiger partial charge is 0.165 e. The number of nitrogens with zero attached hydrogens (tertiary/aromatic N) is 1. The fourth-order valence-electron chi connectivity index (χ4n) is 1.67. The largest absolute Gasteiger partial charge is 0.486 e. The zero-order chi connectivity index (χ0) is 12.8. The number of hydrogen-bond acceptors (Lipinski definition) is 2.